The van der Waals surface area contributed by atoms with Crippen molar-refractivity contribution < 1.29 is 4.84 Å². The van der Waals surface area contributed by atoms with Gasteiger partial charge in [-0.2, -0.15) is 5.48 Å². The van der Waals surface area contributed by atoms with Gasteiger partial charge in [0.15, 0.2) is 0 Å². The Balaban J connectivity index is 2.20. The van der Waals surface area contributed by atoms with Crippen LogP contribution in [0.15, 0.2) is 11.8 Å². The number of fused-ring (bicyclic) bond motifs is 1. The molecule has 0 saturated carbocycles. The van der Waals surface area contributed by atoms with Crippen LogP contribution in [0.1, 0.15) is 0 Å². The van der Waals surface area contributed by atoms with Gasteiger partial charge in [0.2, 0.25) is 0 Å². The van der Waals surface area contributed by atoms with Gasteiger partial charge >= 0.3 is 0 Å². The van der Waals surface area contributed by atoms with E-state index in [2.05, 4.69) is 11.6 Å². The lowest BCUT2D eigenvalue weighted by Gasteiger charge is -1.93. The lowest BCUT2D eigenvalue weighted by atomic mass is 10.3. The highest BCUT2D eigenvalue weighted by atomic mass is 32.2. The molecule has 0 amide bonds. The van der Waals surface area contributed by atoms with Crippen LogP contribution in [0.25, 0.3) is 0 Å². The Morgan fingerprint density at radius 3 is 3.75 bits per heavy atom. The van der Waals surface area contributed by atoms with Crippen molar-refractivity contribution in [2.75, 3.05) is 12.3 Å². The van der Waals surface area contributed by atoms with Gasteiger partial charge in [0, 0.05) is 5.75 Å². The minimum Gasteiger partial charge on any atom is -0.412 e. The second-order valence-electron chi connectivity index (χ2n) is 1.88. The molecule has 1 N–H and O–H groups in total. The number of hydroxylamine groups is 1. The summed E-state index contributed by atoms with van der Waals surface area (Å²) in [7, 11) is 0. The second-order valence-corrected chi connectivity index (χ2v) is 3.11. The van der Waals surface area contributed by atoms with Gasteiger partial charge in [-0.15, -0.1) is 11.8 Å². The molecule has 8 heavy (non-hydrogen) atoms. The van der Waals surface area contributed by atoms with Crippen molar-refractivity contribution in [3.8, 4) is 0 Å². The largest absolute Gasteiger partial charge is 0.412 e. The topological polar surface area (TPSA) is 21.3 Å². The summed E-state index contributed by atoms with van der Waals surface area (Å²) in [5, 5.41) is 0.620. The lowest BCUT2D eigenvalue weighted by Crippen LogP contribution is -2.08. The fraction of sp³-hybridized carbons (Fsp3) is 0.600. The molecule has 1 unspecified atom stereocenters. The molecular weight excluding hydrogens is 122 g/mol. The standard InChI is InChI=1S/C5H7NOS/c1-2-8-5-3-6-7-4(1)5/h1,5-6H,2-3H2. The van der Waals surface area contributed by atoms with Gasteiger partial charge in [0.1, 0.15) is 5.76 Å². The quantitative estimate of drug-likeness (QED) is 0.515. The van der Waals surface area contributed by atoms with Crippen LogP contribution < -0.4 is 5.48 Å². The van der Waals surface area contributed by atoms with Gasteiger partial charge in [-0.05, 0) is 6.08 Å². The van der Waals surface area contributed by atoms with Gasteiger partial charge in [-0.3, -0.25) is 0 Å². The maximum Gasteiger partial charge on any atom is 0.135 e. The van der Waals surface area contributed by atoms with E-state index >= 15 is 0 Å². The summed E-state index contributed by atoms with van der Waals surface area (Å²) >= 11 is 1.93. The molecule has 0 aromatic rings. The molecule has 2 aliphatic rings. The number of hydrogen-bond donors (Lipinski definition) is 1. The van der Waals surface area contributed by atoms with Crippen molar-refractivity contribution in [2.24, 2.45) is 0 Å². The number of rotatable bonds is 0. The third-order valence-electron chi connectivity index (χ3n) is 1.36. The molecule has 0 aliphatic carbocycles. The van der Waals surface area contributed by atoms with Crippen molar-refractivity contribution in [1.82, 2.24) is 5.48 Å². The zero-order valence-electron chi connectivity index (χ0n) is 4.39. The zero-order chi connectivity index (χ0) is 5.40. The smallest absolute Gasteiger partial charge is 0.135 e. The van der Waals surface area contributed by atoms with Crippen LogP contribution in [0, 0.1) is 0 Å². The fourth-order valence-corrected chi connectivity index (χ4v) is 1.91. The lowest BCUT2D eigenvalue weighted by molar-refractivity contribution is 0.156. The number of hydrogen-bond acceptors (Lipinski definition) is 3. The van der Waals surface area contributed by atoms with Crippen LogP contribution in [-0.2, 0) is 4.84 Å². The Bertz CT molecular complexity index is 134. The van der Waals surface area contributed by atoms with E-state index in [1.165, 1.54) is 0 Å². The first kappa shape index (κ1) is 4.70. The molecule has 0 aromatic heterocycles. The maximum atomic E-state index is 5.07. The Kier molecular flexibility index (Phi) is 0.981. The van der Waals surface area contributed by atoms with Crippen LogP contribution in [0.5, 0.6) is 0 Å². The van der Waals surface area contributed by atoms with Gasteiger partial charge in [-0.25, -0.2) is 0 Å². The van der Waals surface area contributed by atoms with Crippen molar-refractivity contribution in [3.63, 3.8) is 0 Å². The van der Waals surface area contributed by atoms with E-state index in [1.54, 1.807) is 0 Å². The third kappa shape index (κ3) is 0.548. The van der Waals surface area contributed by atoms with E-state index < -0.39 is 0 Å². The molecule has 2 rings (SSSR count). The molecule has 2 aliphatic heterocycles. The molecule has 0 spiro atoms. The first-order chi connectivity index (χ1) is 3.97. The summed E-state index contributed by atoms with van der Waals surface area (Å²) in [6, 6.07) is 0. The average molecular weight is 129 g/mol. The fourth-order valence-electron chi connectivity index (χ4n) is 0.928. The van der Waals surface area contributed by atoms with Gasteiger partial charge in [0.05, 0.1) is 11.8 Å². The van der Waals surface area contributed by atoms with E-state index in [-0.39, 0.29) is 0 Å². The molecule has 1 atom stereocenters. The van der Waals surface area contributed by atoms with Crippen molar-refractivity contribution in [3.05, 3.63) is 11.8 Å². The summed E-state index contributed by atoms with van der Waals surface area (Å²) in [6.45, 7) is 0.983. The van der Waals surface area contributed by atoms with Crippen LogP contribution in [0.2, 0.25) is 0 Å². The molecule has 2 nitrogen and oxygen atoms in total. The van der Waals surface area contributed by atoms with E-state index in [0.717, 1.165) is 18.1 Å². The van der Waals surface area contributed by atoms with Crippen LogP contribution >= 0.6 is 11.8 Å². The predicted octanol–water partition coefficient (Wildman–Crippen LogP) is 0.520. The predicted molar refractivity (Wildman–Crippen MR) is 33.4 cm³/mol. The second kappa shape index (κ2) is 1.67. The molecule has 0 radical (unpaired) electrons. The van der Waals surface area contributed by atoms with E-state index in [9.17, 15) is 0 Å². The molecule has 0 bridgehead atoms. The minimum absolute atomic E-state index is 0.620. The van der Waals surface area contributed by atoms with Crippen molar-refractivity contribution in [2.45, 2.75) is 5.25 Å². The Labute approximate surface area is 52.2 Å². The van der Waals surface area contributed by atoms with E-state index in [4.69, 9.17) is 4.84 Å². The minimum atomic E-state index is 0.620. The molecule has 44 valence electrons. The molecular formula is C5H7NOS. The highest BCUT2D eigenvalue weighted by Gasteiger charge is 2.26. The maximum absolute atomic E-state index is 5.07. The Morgan fingerprint density at radius 1 is 1.88 bits per heavy atom. The van der Waals surface area contributed by atoms with E-state index in [1.807, 2.05) is 11.8 Å². The summed E-state index contributed by atoms with van der Waals surface area (Å²) in [6.07, 6.45) is 2.13. The van der Waals surface area contributed by atoms with Crippen molar-refractivity contribution in [1.29, 1.82) is 0 Å². The molecule has 3 heteroatoms. The summed E-state index contributed by atoms with van der Waals surface area (Å²) in [5.41, 5.74) is 2.84. The Hall–Kier alpha value is -0.150. The van der Waals surface area contributed by atoms with Crippen LogP contribution in [0.4, 0.5) is 0 Å². The molecule has 1 saturated heterocycles. The average Bonchev–Trinajstić information content (AvgIpc) is 2.15. The first-order valence-corrected chi connectivity index (χ1v) is 3.73. The zero-order valence-corrected chi connectivity index (χ0v) is 5.20. The van der Waals surface area contributed by atoms with Gasteiger partial charge < -0.3 is 4.84 Å². The van der Waals surface area contributed by atoms with Crippen molar-refractivity contribution >= 4 is 11.8 Å². The SMILES string of the molecule is C1=C2ONCC2SC1. The van der Waals surface area contributed by atoms with Gasteiger partial charge in [-0.1, -0.05) is 0 Å². The van der Waals surface area contributed by atoms with E-state index in [0.29, 0.717) is 5.25 Å². The summed E-state index contributed by atoms with van der Waals surface area (Å²) < 4.78 is 0. The third-order valence-corrected chi connectivity index (χ3v) is 2.52. The molecule has 0 aromatic carbocycles. The number of nitrogens with one attached hydrogen (secondary N) is 1. The highest BCUT2D eigenvalue weighted by Crippen LogP contribution is 2.29. The van der Waals surface area contributed by atoms with Crippen LogP contribution in [-0.4, -0.2) is 17.5 Å². The summed E-state index contributed by atoms with van der Waals surface area (Å²) in [4.78, 5) is 5.07. The monoisotopic (exact) mass is 129 g/mol. The molecule has 1 fully saturated rings. The highest BCUT2D eigenvalue weighted by molar-refractivity contribution is 8.00. The van der Waals surface area contributed by atoms with Crippen LogP contribution in [0.3, 0.4) is 0 Å². The first-order valence-electron chi connectivity index (χ1n) is 2.68. The molecule has 2 heterocycles. The normalized spacial score (nSPS) is 34.0. The number of thioether (sulfide) groups is 1. The summed E-state index contributed by atoms with van der Waals surface area (Å²) in [5.74, 6) is 2.26. The van der Waals surface area contributed by atoms with Gasteiger partial charge in [0.25, 0.3) is 0 Å². The Morgan fingerprint density at radius 2 is 2.88 bits per heavy atom.